The van der Waals surface area contributed by atoms with Crippen molar-refractivity contribution in [3.63, 3.8) is 0 Å². The van der Waals surface area contributed by atoms with E-state index in [1.165, 1.54) is 0 Å². The number of hydrogen-bond acceptors (Lipinski definition) is 4. The maximum Gasteiger partial charge on any atom is 0.276 e. The number of fused-ring (bicyclic) bond motifs is 1. The molecule has 0 saturated heterocycles. The largest absolute Gasteiger partial charge is 0.320 e. The molecule has 2 heterocycles. The predicted molar refractivity (Wildman–Crippen MR) is 91.1 cm³/mol. The van der Waals surface area contributed by atoms with E-state index >= 15 is 0 Å². The van der Waals surface area contributed by atoms with E-state index in [9.17, 15) is 4.79 Å². The lowest BCUT2D eigenvalue weighted by Gasteiger charge is -2.08. The van der Waals surface area contributed by atoms with Gasteiger partial charge in [0, 0.05) is 23.5 Å². The van der Waals surface area contributed by atoms with E-state index in [1.54, 1.807) is 35.4 Å². The van der Waals surface area contributed by atoms with E-state index in [0.29, 0.717) is 5.82 Å². The van der Waals surface area contributed by atoms with E-state index in [0.717, 1.165) is 16.5 Å². The zero-order valence-electron chi connectivity index (χ0n) is 12.6. The minimum Gasteiger partial charge on any atom is -0.320 e. The second kappa shape index (κ2) is 5.92. The molecule has 6 heteroatoms. The summed E-state index contributed by atoms with van der Waals surface area (Å²) in [5.41, 5.74) is 1.00. The summed E-state index contributed by atoms with van der Waals surface area (Å²) in [6.45, 7) is 0. The third kappa shape index (κ3) is 2.61. The van der Waals surface area contributed by atoms with Crippen molar-refractivity contribution in [3.8, 4) is 5.82 Å². The lowest BCUT2D eigenvalue weighted by Crippen LogP contribution is -2.15. The number of hydrogen-bond donors (Lipinski definition) is 1. The zero-order chi connectivity index (χ0) is 16.4. The highest BCUT2D eigenvalue weighted by molar-refractivity contribution is 6.08. The molecule has 0 spiro atoms. The molecule has 2 aromatic heterocycles. The Balaban J connectivity index is 1.60. The Hall–Kier alpha value is -3.54. The first-order valence-corrected chi connectivity index (χ1v) is 7.42. The molecule has 0 aliphatic rings. The van der Waals surface area contributed by atoms with Gasteiger partial charge in [0.05, 0.1) is 0 Å². The van der Waals surface area contributed by atoms with Crippen LogP contribution in [0.4, 0.5) is 5.69 Å². The second-order valence-electron chi connectivity index (χ2n) is 5.23. The number of rotatable bonds is 3. The van der Waals surface area contributed by atoms with Crippen molar-refractivity contribution in [1.82, 2.24) is 19.7 Å². The van der Waals surface area contributed by atoms with Gasteiger partial charge < -0.3 is 5.32 Å². The summed E-state index contributed by atoms with van der Waals surface area (Å²) in [4.78, 5) is 16.4. The smallest absolute Gasteiger partial charge is 0.276 e. The predicted octanol–water partition coefficient (Wildman–Crippen LogP) is 3.07. The van der Waals surface area contributed by atoms with Crippen LogP contribution in [0.3, 0.4) is 0 Å². The van der Waals surface area contributed by atoms with Gasteiger partial charge in [0.2, 0.25) is 0 Å². The highest BCUT2D eigenvalue weighted by Crippen LogP contribution is 2.23. The summed E-state index contributed by atoms with van der Waals surface area (Å²) in [7, 11) is 0. The minimum atomic E-state index is -0.295. The molecule has 4 rings (SSSR count). The molecular formula is C18H13N5O. The van der Waals surface area contributed by atoms with E-state index in [4.69, 9.17) is 0 Å². The van der Waals surface area contributed by atoms with Crippen molar-refractivity contribution < 1.29 is 4.79 Å². The molecule has 0 bridgehead atoms. The molecule has 24 heavy (non-hydrogen) atoms. The normalized spacial score (nSPS) is 10.7. The fourth-order valence-electron chi connectivity index (χ4n) is 2.50. The molecule has 0 fully saturated rings. The number of nitrogens with zero attached hydrogens (tertiary/aromatic N) is 4. The zero-order valence-corrected chi connectivity index (χ0v) is 12.6. The molecule has 0 unspecified atom stereocenters. The van der Waals surface area contributed by atoms with Crippen LogP contribution in [0.15, 0.2) is 73.3 Å². The third-order valence-corrected chi connectivity index (χ3v) is 3.69. The highest BCUT2D eigenvalue weighted by Gasteiger charge is 2.10. The van der Waals surface area contributed by atoms with E-state index in [-0.39, 0.29) is 11.6 Å². The highest BCUT2D eigenvalue weighted by atomic mass is 16.1. The maximum absolute atomic E-state index is 12.4. The van der Waals surface area contributed by atoms with Crippen LogP contribution in [-0.2, 0) is 0 Å². The van der Waals surface area contributed by atoms with Crippen LogP contribution in [-0.4, -0.2) is 25.7 Å². The fourth-order valence-corrected chi connectivity index (χ4v) is 2.50. The van der Waals surface area contributed by atoms with Crippen LogP contribution in [0, 0.1) is 0 Å². The number of nitrogens with one attached hydrogen (secondary N) is 1. The minimum absolute atomic E-state index is 0.256. The van der Waals surface area contributed by atoms with E-state index in [2.05, 4.69) is 20.5 Å². The van der Waals surface area contributed by atoms with Crippen LogP contribution >= 0.6 is 0 Å². The Labute approximate surface area is 137 Å². The maximum atomic E-state index is 12.4. The molecule has 0 aliphatic carbocycles. The van der Waals surface area contributed by atoms with Gasteiger partial charge in [0.1, 0.15) is 6.33 Å². The topological polar surface area (TPSA) is 72.7 Å². The molecule has 0 aliphatic heterocycles. The van der Waals surface area contributed by atoms with Crippen molar-refractivity contribution in [2.24, 2.45) is 0 Å². The summed E-state index contributed by atoms with van der Waals surface area (Å²) < 4.78 is 1.72. The molecule has 1 N–H and O–H groups in total. The molecule has 0 radical (unpaired) electrons. The number of aromatic nitrogens is 4. The van der Waals surface area contributed by atoms with Gasteiger partial charge in [-0.2, -0.15) is 0 Å². The van der Waals surface area contributed by atoms with Gasteiger partial charge in [-0.25, -0.2) is 4.98 Å². The van der Waals surface area contributed by atoms with Crippen molar-refractivity contribution in [2.45, 2.75) is 0 Å². The molecule has 0 saturated carbocycles. The second-order valence-corrected chi connectivity index (χ2v) is 5.23. The van der Waals surface area contributed by atoms with Gasteiger partial charge in [-0.05, 0) is 23.6 Å². The fraction of sp³-hybridized carbons (Fsp3) is 0. The molecule has 116 valence electrons. The lowest BCUT2D eigenvalue weighted by molar-refractivity contribution is 0.102. The molecule has 1 amide bonds. The van der Waals surface area contributed by atoms with Crippen molar-refractivity contribution >= 4 is 22.4 Å². The average molecular weight is 315 g/mol. The van der Waals surface area contributed by atoms with Crippen molar-refractivity contribution in [1.29, 1.82) is 0 Å². The number of benzene rings is 2. The van der Waals surface area contributed by atoms with Crippen molar-refractivity contribution in [3.05, 3.63) is 79.0 Å². The van der Waals surface area contributed by atoms with Crippen LogP contribution < -0.4 is 5.32 Å². The lowest BCUT2D eigenvalue weighted by atomic mass is 10.1. The molecule has 4 aromatic rings. The Morgan fingerprint density at radius 3 is 2.62 bits per heavy atom. The quantitative estimate of drug-likeness (QED) is 0.630. The average Bonchev–Trinajstić information content (AvgIpc) is 3.17. The Morgan fingerprint density at radius 2 is 1.83 bits per heavy atom. The molecule has 2 aromatic carbocycles. The number of carbonyl (C=O) groups is 1. The van der Waals surface area contributed by atoms with E-state index in [1.807, 2.05) is 42.5 Å². The standard InChI is InChI=1S/C18H13N5O/c24-18(16-8-9-17(22-21-16)23-11-10-19-12-23)20-15-7-3-5-13-4-1-2-6-14(13)15/h1-12H,(H,20,24). The summed E-state index contributed by atoms with van der Waals surface area (Å²) in [6.07, 6.45) is 5.04. The summed E-state index contributed by atoms with van der Waals surface area (Å²) >= 11 is 0. The number of amides is 1. The number of anilines is 1. The molecule has 6 nitrogen and oxygen atoms in total. The number of carbonyl (C=O) groups excluding carboxylic acids is 1. The SMILES string of the molecule is O=C(Nc1cccc2ccccc12)c1ccc(-n2ccnc2)nn1. The molecule has 0 atom stereocenters. The van der Waals surface area contributed by atoms with Gasteiger partial charge >= 0.3 is 0 Å². The monoisotopic (exact) mass is 315 g/mol. The summed E-state index contributed by atoms with van der Waals surface area (Å²) in [5, 5.41) is 13.0. The van der Waals surface area contributed by atoms with Crippen LogP contribution in [0.25, 0.3) is 16.6 Å². The molecular weight excluding hydrogens is 302 g/mol. The van der Waals surface area contributed by atoms with Crippen LogP contribution in [0.1, 0.15) is 10.5 Å². The van der Waals surface area contributed by atoms with Gasteiger partial charge in [0.25, 0.3) is 5.91 Å². The Kier molecular flexibility index (Phi) is 3.47. The first kappa shape index (κ1) is 14.1. The summed E-state index contributed by atoms with van der Waals surface area (Å²) in [6, 6.07) is 17.0. The Bertz CT molecular complexity index is 988. The van der Waals surface area contributed by atoms with Gasteiger partial charge in [-0.3, -0.25) is 9.36 Å². The van der Waals surface area contributed by atoms with Crippen LogP contribution in [0.2, 0.25) is 0 Å². The van der Waals surface area contributed by atoms with Gasteiger partial charge in [-0.15, -0.1) is 10.2 Å². The van der Waals surface area contributed by atoms with Crippen molar-refractivity contribution in [2.75, 3.05) is 5.32 Å². The van der Waals surface area contributed by atoms with E-state index < -0.39 is 0 Å². The number of imidazole rings is 1. The first-order chi connectivity index (χ1) is 11.8. The summed E-state index contributed by atoms with van der Waals surface area (Å²) in [5.74, 6) is 0.310. The van der Waals surface area contributed by atoms with Gasteiger partial charge in [-0.1, -0.05) is 36.4 Å². The van der Waals surface area contributed by atoms with Gasteiger partial charge in [0.15, 0.2) is 11.5 Å². The first-order valence-electron chi connectivity index (χ1n) is 7.42. The van der Waals surface area contributed by atoms with Crippen LogP contribution in [0.5, 0.6) is 0 Å². The Morgan fingerprint density at radius 1 is 0.958 bits per heavy atom. The third-order valence-electron chi connectivity index (χ3n) is 3.69.